The van der Waals surface area contributed by atoms with Gasteiger partial charge in [-0.1, -0.05) is 12.1 Å². The molecule has 5 nitrogen and oxygen atoms in total. The zero-order valence-electron chi connectivity index (χ0n) is 11.9. The molecule has 1 aliphatic heterocycles. The van der Waals surface area contributed by atoms with Gasteiger partial charge in [-0.05, 0) is 25.5 Å². The third kappa shape index (κ3) is 2.18. The smallest absolute Gasteiger partial charge is 0.248 e. The van der Waals surface area contributed by atoms with Crippen LogP contribution in [-0.4, -0.2) is 47.2 Å². The molecule has 106 valence electrons. The highest BCUT2D eigenvalue weighted by molar-refractivity contribution is 5.78. The van der Waals surface area contributed by atoms with Gasteiger partial charge in [0.05, 0.1) is 17.1 Å². The van der Waals surface area contributed by atoms with Crippen molar-refractivity contribution in [3.05, 3.63) is 30.1 Å². The number of imidazole rings is 1. The third-order valence-electron chi connectivity index (χ3n) is 3.92. The van der Waals surface area contributed by atoms with Crippen LogP contribution in [0.5, 0.6) is 0 Å². The Morgan fingerprint density at radius 2 is 2.25 bits per heavy atom. The largest absolute Gasteiger partial charge is 0.375 e. The van der Waals surface area contributed by atoms with Gasteiger partial charge in [0.15, 0.2) is 0 Å². The number of aromatic nitrogens is 2. The van der Waals surface area contributed by atoms with E-state index in [0.29, 0.717) is 6.04 Å². The Hall–Kier alpha value is -1.88. The molecule has 1 atom stereocenters. The number of rotatable bonds is 3. The average molecular weight is 273 g/mol. The number of methoxy groups -OCH3 is 1. The predicted molar refractivity (Wildman–Crippen MR) is 76.6 cm³/mol. The molecule has 0 spiro atoms. The van der Waals surface area contributed by atoms with Crippen LogP contribution in [0, 0.1) is 6.92 Å². The summed E-state index contributed by atoms with van der Waals surface area (Å²) in [6.07, 6.45) is 0.969. The molecule has 20 heavy (non-hydrogen) atoms. The van der Waals surface area contributed by atoms with Crippen LogP contribution in [0.1, 0.15) is 18.3 Å². The van der Waals surface area contributed by atoms with E-state index in [0.717, 1.165) is 36.4 Å². The van der Waals surface area contributed by atoms with Gasteiger partial charge in [0.2, 0.25) is 5.91 Å². The lowest BCUT2D eigenvalue weighted by molar-refractivity contribution is -0.134. The molecule has 2 aromatic rings. The minimum absolute atomic E-state index is 0.0667. The summed E-state index contributed by atoms with van der Waals surface area (Å²) in [6, 6.07) is 8.46. The molecule has 1 fully saturated rings. The minimum atomic E-state index is 0.0667. The van der Waals surface area contributed by atoms with Crippen LogP contribution in [0.2, 0.25) is 0 Å². The fourth-order valence-electron chi connectivity index (χ4n) is 3.02. The fourth-order valence-corrected chi connectivity index (χ4v) is 3.02. The summed E-state index contributed by atoms with van der Waals surface area (Å²) < 4.78 is 7.18. The van der Waals surface area contributed by atoms with Crippen molar-refractivity contribution in [3.63, 3.8) is 0 Å². The normalized spacial score (nSPS) is 18.9. The van der Waals surface area contributed by atoms with Crippen molar-refractivity contribution in [3.8, 4) is 0 Å². The summed E-state index contributed by atoms with van der Waals surface area (Å²) in [5.74, 6) is 1.08. The molecule has 0 unspecified atom stereocenters. The van der Waals surface area contributed by atoms with Crippen molar-refractivity contribution >= 4 is 16.9 Å². The SMILES string of the molecule is COCC(=O)N1CC[C@@H](n2c(C)nc3ccccc32)C1. The summed E-state index contributed by atoms with van der Waals surface area (Å²) in [5, 5.41) is 0. The number of fused-ring (bicyclic) bond motifs is 1. The van der Waals surface area contributed by atoms with Gasteiger partial charge in [0, 0.05) is 20.2 Å². The van der Waals surface area contributed by atoms with Gasteiger partial charge in [-0.25, -0.2) is 4.98 Å². The van der Waals surface area contributed by atoms with E-state index in [-0.39, 0.29) is 12.5 Å². The summed E-state index contributed by atoms with van der Waals surface area (Å²) in [7, 11) is 1.55. The number of aryl methyl sites for hydroxylation is 1. The first kappa shape index (κ1) is 13.1. The molecule has 1 saturated heterocycles. The molecule has 0 bridgehead atoms. The van der Waals surface area contributed by atoms with Crippen LogP contribution in [0.4, 0.5) is 0 Å². The maximum Gasteiger partial charge on any atom is 0.248 e. The Morgan fingerprint density at radius 3 is 3.05 bits per heavy atom. The molecule has 1 aromatic heterocycles. The zero-order valence-corrected chi connectivity index (χ0v) is 11.9. The molecule has 5 heteroatoms. The van der Waals surface area contributed by atoms with Gasteiger partial charge in [-0.15, -0.1) is 0 Å². The highest BCUT2D eigenvalue weighted by Crippen LogP contribution is 2.27. The topological polar surface area (TPSA) is 47.4 Å². The Bertz CT molecular complexity index is 635. The Morgan fingerprint density at radius 1 is 1.45 bits per heavy atom. The second-order valence-electron chi connectivity index (χ2n) is 5.23. The second-order valence-corrected chi connectivity index (χ2v) is 5.23. The van der Waals surface area contributed by atoms with Crippen LogP contribution in [0.15, 0.2) is 24.3 Å². The molecule has 0 saturated carbocycles. The molecular weight excluding hydrogens is 254 g/mol. The third-order valence-corrected chi connectivity index (χ3v) is 3.92. The van der Waals surface area contributed by atoms with Crippen LogP contribution in [0.3, 0.4) is 0 Å². The van der Waals surface area contributed by atoms with Gasteiger partial charge < -0.3 is 14.2 Å². The van der Waals surface area contributed by atoms with Crippen molar-refractivity contribution in [1.82, 2.24) is 14.5 Å². The van der Waals surface area contributed by atoms with E-state index < -0.39 is 0 Å². The van der Waals surface area contributed by atoms with E-state index in [4.69, 9.17) is 4.74 Å². The standard InChI is InChI=1S/C15H19N3O2/c1-11-16-13-5-3-4-6-14(13)18(11)12-7-8-17(9-12)15(19)10-20-2/h3-6,12H,7-10H2,1-2H3/t12-/m1/s1. The lowest BCUT2D eigenvalue weighted by atomic mass is 10.2. The summed E-state index contributed by atoms with van der Waals surface area (Å²) in [6.45, 7) is 3.72. The van der Waals surface area contributed by atoms with Crippen LogP contribution in [0.25, 0.3) is 11.0 Å². The first-order valence-electron chi connectivity index (χ1n) is 6.91. The highest BCUT2D eigenvalue weighted by Gasteiger charge is 2.28. The van der Waals surface area contributed by atoms with Crippen LogP contribution >= 0.6 is 0 Å². The number of carbonyl (C=O) groups is 1. The number of benzene rings is 1. The first-order valence-corrected chi connectivity index (χ1v) is 6.91. The first-order chi connectivity index (χ1) is 9.70. The molecule has 0 N–H and O–H groups in total. The number of carbonyl (C=O) groups excluding carboxylic acids is 1. The quantitative estimate of drug-likeness (QED) is 0.856. The average Bonchev–Trinajstić information content (AvgIpc) is 3.01. The van der Waals surface area contributed by atoms with Crippen LogP contribution in [-0.2, 0) is 9.53 Å². The van der Waals surface area contributed by atoms with E-state index >= 15 is 0 Å². The molecular formula is C15H19N3O2. The van der Waals surface area contributed by atoms with E-state index in [9.17, 15) is 4.79 Å². The maximum absolute atomic E-state index is 11.9. The van der Waals surface area contributed by atoms with Gasteiger partial charge in [0.1, 0.15) is 12.4 Å². The van der Waals surface area contributed by atoms with Crippen molar-refractivity contribution in [2.24, 2.45) is 0 Å². The summed E-state index contributed by atoms with van der Waals surface area (Å²) in [4.78, 5) is 18.4. The molecule has 0 aliphatic carbocycles. The maximum atomic E-state index is 11.9. The lowest BCUT2D eigenvalue weighted by Gasteiger charge is -2.18. The van der Waals surface area contributed by atoms with Crippen LogP contribution < -0.4 is 0 Å². The minimum Gasteiger partial charge on any atom is -0.375 e. The predicted octanol–water partition coefficient (Wildman–Crippen LogP) is 1.76. The van der Waals surface area contributed by atoms with E-state index in [1.807, 2.05) is 30.0 Å². The highest BCUT2D eigenvalue weighted by atomic mass is 16.5. The van der Waals surface area contributed by atoms with Crippen molar-refractivity contribution in [1.29, 1.82) is 0 Å². The molecule has 1 amide bonds. The number of nitrogens with zero attached hydrogens (tertiary/aromatic N) is 3. The second kappa shape index (κ2) is 5.25. The van der Waals surface area contributed by atoms with E-state index in [1.54, 1.807) is 7.11 Å². The van der Waals surface area contributed by atoms with Crippen molar-refractivity contribution in [2.45, 2.75) is 19.4 Å². The van der Waals surface area contributed by atoms with Crippen molar-refractivity contribution in [2.75, 3.05) is 26.8 Å². The number of ether oxygens (including phenoxy) is 1. The zero-order chi connectivity index (χ0) is 14.1. The lowest BCUT2D eigenvalue weighted by Crippen LogP contribution is -2.32. The van der Waals surface area contributed by atoms with Gasteiger partial charge in [0.25, 0.3) is 0 Å². The number of para-hydroxylation sites is 2. The van der Waals surface area contributed by atoms with Crippen molar-refractivity contribution < 1.29 is 9.53 Å². The molecule has 2 heterocycles. The summed E-state index contributed by atoms with van der Waals surface area (Å²) >= 11 is 0. The Kier molecular flexibility index (Phi) is 3.44. The Labute approximate surface area is 118 Å². The molecule has 1 aliphatic rings. The number of likely N-dealkylation sites (tertiary alicyclic amines) is 1. The molecule has 0 radical (unpaired) electrons. The number of hydrogen-bond acceptors (Lipinski definition) is 3. The fraction of sp³-hybridized carbons (Fsp3) is 0.467. The van der Waals surface area contributed by atoms with Gasteiger partial charge in [-0.2, -0.15) is 0 Å². The van der Waals surface area contributed by atoms with E-state index in [2.05, 4.69) is 15.6 Å². The van der Waals surface area contributed by atoms with Gasteiger partial charge in [-0.3, -0.25) is 4.79 Å². The van der Waals surface area contributed by atoms with E-state index in [1.165, 1.54) is 0 Å². The molecule has 3 rings (SSSR count). The van der Waals surface area contributed by atoms with Gasteiger partial charge >= 0.3 is 0 Å². The Balaban J connectivity index is 1.86. The summed E-state index contributed by atoms with van der Waals surface area (Å²) in [5.41, 5.74) is 2.17. The number of amides is 1. The number of hydrogen-bond donors (Lipinski definition) is 0. The monoisotopic (exact) mass is 273 g/mol. The molecule has 1 aromatic carbocycles.